The summed E-state index contributed by atoms with van der Waals surface area (Å²) >= 11 is 6.01. The highest BCUT2D eigenvalue weighted by atomic mass is 35.5. The topological polar surface area (TPSA) is 57.6 Å². The van der Waals surface area contributed by atoms with Crippen LogP contribution in [0.5, 0.6) is 0 Å². The summed E-state index contributed by atoms with van der Waals surface area (Å²) in [6.45, 7) is 3.91. The smallest absolute Gasteiger partial charge is 0.329 e. The van der Waals surface area contributed by atoms with Crippen molar-refractivity contribution in [1.82, 2.24) is 4.90 Å². The lowest BCUT2D eigenvalue weighted by Gasteiger charge is -2.31. The van der Waals surface area contributed by atoms with Gasteiger partial charge in [-0.15, -0.1) is 0 Å². The molecule has 2 rings (SSSR count). The van der Waals surface area contributed by atoms with Crippen molar-refractivity contribution in [2.75, 3.05) is 6.54 Å². The van der Waals surface area contributed by atoms with Crippen molar-refractivity contribution in [3.8, 4) is 0 Å². The Labute approximate surface area is 117 Å². The molecule has 1 N–H and O–H groups in total. The summed E-state index contributed by atoms with van der Waals surface area (Å²) < 4.78 is 0. The molecule has 1 saturated heterocycles. The first-order valence-corrected chi connectivity index (χ1v) is 6.55. The second-order valence-corrected chi connectivity index (χ2v) is 5.51. The zero-order valence-electron chi connectivity index (χ0n) is 10.9. The number of amides is 1. The molecule has 0 saturated carbocycles. The lowest BCUT2D eigenvalue weighted by Crippen LogP contribution is -2.50. The third kappa shape index (κ3) is 2.32. The van der Waals surface area contributed by atoms with Crippen LogP contribution in [-0.4, -0.2) is 34.0 Å². The predicted octanol–water partition coefficient (Wildman–Crippen LogP) is 2.73. The molecule has 1 aromatic carbocycles. The summed E-state index contributed by atoms with van der Waals surface area (Å²) in [6.07, 6.45) is 1.18. The van der Waals surface area contributed by atoms with Gasteiger partial charge in [0.1, 0.15) is 5.54 Å². The summed E-state index contributed by atoms with van der Waals surface area (Å²) in [4.78, 5) is 25.2. The molecule has 1 fully saturated rings. The van der Waals surface area contributed by atoms with Crippen LogP contribution in [0.1, 0.15) is 35.7 Å². The van der Waals surface area contributed by atoms with Gasteiger partial charge in [-0.05, 0) is 44.4 Å². The standard InChI is InChI=1S/C14H16ClNO3/c1-9-4-5-10(8-11(9)15)12(17)16-7-3-6-14(16,2)13(18)19/h4-5,8H,3,6-7H2,1-2H3,(H,18,19). The summed E-state index contributed by atoms with van der Waals surface area (Å²) in [5.74, 6) is -1.24. The van der Waals surface area contributed by atoms with Gasteiger partial charge in [-0.2, -0.15) is 0 Å². The van der Waals surface area contributed by atoms with Crippen LogP contribution < -0.4 is 0 Å². The number of carbonyl (C=O) groups excluding carboxylic acids is 1. The molecule has 1 aliphatic rings. The van der Waals surface area contributed by atoms with Gasteiger partial charge in [0.2, 0.25) is 0 Å². The van der Waals surface area contributed by atoms with Crippen molar-refractivity contribution < 1.29 is 14.7 Å². The molecule has 0 aromatic heterocycles. The van der Waals surface area contributed by atoms with Gasteiger partial charge in [-0.1, -0.05) is 17.7 Å². The van der Waals surface area contributed by atoms with Gasteiger partial charge in [0.15, 0.2) is 0 Å². The maximum Gasteiger partial charge on any atom is 0.329 e. The number of nitrogens with zero attached hydrogens (tertiary/aromatic N) is 1. The van der Waals surface area contributed by atoms with Crippen LogP contribution in [0.4, 0.5) is 0 Å². The van der Waals surface area contributed by atoms with Gasteiger partial charge in [0.05, 0.1) is 0 Å². The molecule has 5 heteroatoms. The molecule has 1 aliphatic heterocycles. The fourth-order valence-electron chi connectivity index (χ4n) is 2.39. The molecule has 102 valence electrons. The van der Waals surface area contributed by atoms with Gasteiger partial charge in [0.25, 0.3) is 5.91 Å². The Kier molecular flexibility index (Phi) is 3.54. The lowest BCUT2D eigenvalue weighted by molar-refractivity contribution is -0.147. The first kappa shape index (κ1) is 13.9. The molecule has 19 heavy (non-hydrogen) atoms. The van der Waals surface area contributed by atoms with Crippen molar-refractivity contribution in [3.63, 3.8) is 0 Å². The van der Waals surface area contributed by atoms with Gasteiger partial charge >= 0.3 is 5.97 Å². The van der Waals surface area contributed by atoms with Gasteiger partial charge in [-0.25, -0.2) is 4.79 Å². The van der Waals surface area contributed by atoms with Crippen LogP contribution >= 0.6 is 11.6 Å². The number of hydrogen-bond donors (Lipinski definition) is 1. The van der Waals surface area contributed by atoms with E-state index in [1.54, 1.807) is 25.1 Å². The number of aliphatic carboxylic acids is 1. The highest BCUT2D eigenvalue weighted by Crippen LogP contribution is 2.31. The Hall–Kier alpha value is -1.55. The third-order valence-corrected chi connectivity index (χ3v) is 4.17. The van der Waals surface area contributed by atoms with Crippen LogP contribution in [-0.2, 0) is 4.79 Å². The molecular formula is C14H16ClNO3. The lowest BCUT2D eigenvalue weighted by atomic mass is 9.98. The Bertz CT molecular complexity index is 543. The molecule has 0 radical (unpaired) electrons. The van der Waals surface area contributed by atoms with E-state index in [2.05, 4.69) is 0 Å². The van der Waals surface area contributed by atoms with Gasteiger partial charge in [0, 0.05) is 17.1 Å². The Balaban J connectivity index is 2.33. The second kappa shape index (κ2) is 4.85. The summed E-state index contributed by atoms with van der Waals surface area (Å²) in [6, 6.07) is 5.05. The molecule has 1 unspecified atom stereocenters. The maximum atomic E-state index is 12.4. The fraction of sp³-hybridized carbons (Fsp3) is 0.429. The van der Waals surface area contributed by atoms with Crippen LogP contribution in [0.15, 0.2) is 18.2 Å². The number of likely N-dealkylation sites (tertiary alicyclic amines) is 1. The monoisotopic (exact) mass is 281 g/mol. The quantitative estimate of drug-likeness (QED) is 0.907. The summed E-state index contributed by atoms with van der Waals surface area (Å²) in [7, 11) is 0. The van der Waals surface area contributed by atoms with Crippen LogP contribution in [0, 0.1) is 6.92 Å². The minimum Gasteiger partial charge on any atom is -0.480 e. The van der Waals surface area contributed by atoms with E-state index in [-0.39, 0.29) is 5.91 Å². The molecule has 1 aromatic rings. The number of carboxylic acids is 1. The van der Waals surface area contributed by atoms with E-state index >= 15 is 0 Å². The second-order valence-electron chi connectivity index (χ2n) is 5.10. The zero-order chi connectivity index (χ0) is 14.2. The SMILES string of the molecule is Cc1ccc(C(=O)N2CCCC2(C)C(=O)O)cc1Cl. The fourth-order valence-corrected chi connectivity index (χ4v) is 2.57. The van der Waals surface area contributed by atoms with Crippen molar-refractivity contribution in [3.05, 3.63) is 34.3 Å². The first-order valence-electron chi connectivity index (χ1n) is 6.18. The van der Waals surface area contributed by atoms with E-state index in [9.17, 15) is 14.7 Å². The number of carbonyl (C=O) groups is 2. The van der Waals surface area contributed by atoms with Crippen molar-refractivity contribution in [2.45, 2.75) is 32.2 Å². The van der Waals surface area contributed by atoms with E-state index in [1.165, 1.54) is 4.90 Å². The largest absolute Gasteiger partial charge is 0.480 e. The molecular weight excluding hydrogens is 266 g/mol. The molecule has 0 bridgehead atoms. The highest BCUT2D eigenvalue weighted by molar-refractivity contribution is 6.31. The van der Waals surface area contributed by atoms with Crippen molar-refractivity contribution in [1.29, 1.82) is 0 Å². The molecule has 0 aliphatic carbocycles. The van der Waals surface area contributed by atoms with E-state index in [0.29, 0.717) is 30.0 Å². The zero-order valence-corrected chi connectivity index (χ0v) is 11.7. The van der Waals surface area contributed by atoms with Gasteiger partial charge < -0.3 is 10.0 Å². The Morgan fingerprint density at radius 2 is 2.11 bits per heavy atom. The molecule has 1 atom stereocenters. The number of carboxylic acid groups (broad SMARTS) is 1. The molecule has 0 spiro atoms. The summed E-state index contributed by atoms with van der Waals surface area (Å²) in [5.41, 5.74) is 0.208. The first-order chi connectivity index (χ1) is 8.86. The van der Waals surface area contributed by atoms with Crippen LogP contribution in [0.2, 0.25) is 5.02 Å². The minimum atomic E-state index is -1.12. The average molecular weight is 282 g/mol. The number of rotatable bonds is 2. The van der Waals surface area contributed by atoms with E-state index < -0.39 is 11.5 Å². The van der Waals surface area contributed by atoms with Crippen LogP contribution in [0.25, 0.3) is 0 Å². The minimum absolute atomic E-state index is 0.274. The van der Waals surface area contributed by atoms with Crippen LogP contribution in [0.3, 0.4) is 0 Å². The van der Waals surface area contributed by atoms with Crippen molar-refractivity contribution in [2.24, 2.45) is 0 Å². The van der Waals surface area contributed by atoms with E-state index in [4.69, 9.17) is 11.6 Å². The molecule has 1 heterocycles. The Morgan fingerprint density at radius 3 is 2.68 bits per heavy atom. The number of aryl methyl sites for hydroxylation is 1. The molecule has 1 amide bonds. The Morgan fingerprint density at radius 1 is 1.42 bits per heavy atom. The average Bonchev–Trinajstić information content (AvgIpc) is 2.75. The number of hydrogen-bond acceptors (Lipinski definition) is 2. The van der Waals surface area contributed by atoms with Gasteiger partial charge in [-0.3, -0.25) is 4.79 Å². The molecule has 4 nitrogen and oxygen atoms in total. The maximum absolute atomic E-state index is 12.4. The normalized spacial score (nSPS) is 22.6. The number of benzene rings is 1. The van der Waals surface area contributed by atoms with E-state index in [0.717, 1.165) is 5.56 Å². The third-order valence-electron chi connectivity index (χ3n) is 3.77. The predicted molar refractivity (Wildman–Crippen MR) is 72.5 cm³/mol. The van der Waals surface area contributed by atoms with Crippen molar-refractivity contribution >= 4 is 23.5 Å². The van der Waals surface area contributed by atoms with E-state index in [1.807, 2.05) is 6.92 Å². The highest BCUT2D eigenvalue weighted by Gasteiger charge is 2.46. The summed E-state index contributed by atoms with van der Waals surface area (Å²) in [5, 5.41) is 9.83. The number of halogens is 1.